The molecule has 24 heavy (non-hydrogen) atoms. The molecule has 0 fully saturated rings. The highest BCUT2D eigenvalue weighted by atomic mass is 16.2. The van der Waals surface area contributed by atoms with Crippen LogP contribution >= 0.6 is 0 Å². The van der Waals surface area contributed by atoms with Crippen LogP contribution in [-0.2, 0) is 13.0 Å². The number of nitrogens with two attached hydrogens (primary N) is 2. The second-order valence-corrected chi connectivity index (χ2v) is 5.06. The first kappa shape index (κ1) is 17.6. The van der Waals surface area contributed by atoms with Gasteiger partial charge in [0.2, 0.25) is 5.95 Å². The van der Waals surface area contributed by atoms with Gasteiger partial charge >= 0.3 is 0 Å². The van der Waals surface area contributed by atoms with E-state index in [1.165, 1.54) is 6.20 Å². The summed E-state index contributed by atoms with van der Waals surface area (Å²) in [6, 6.07) is 7.75. The number of allylic oxidation sites excluding steroid dienone is 1. The van der Waals surface area contributed by atoms with Gasteiger partial charge in [0.25, 0.3) is 0 Å². The zero-order valence-electron chi connectivity index (χ0n) is 13.6. The molecule has 0 radical (unpaired) electrons. The molecule has 1 heterocycles. The van der Waals surface area contributed by atoms with Gasteiger partial charge in [-0.05, 0) is 29.7 Å². The van der Waals surface area contributed by atoms with E-state index in [2.05, 4.69) is 20.3 Å². The Hall–Kier alpha value is -2.77. The van der Waals surface area contributed by atoms with Crippen molar-refractivity contribution < 1.29 is 5.11 Å². The maximum atomic E-state index is 9.22. The number of aliphatic hydroxyl groups is 1. The van der Waals surface area contributed by atoms with Crippen molar-refractivity contribution in [3.8, 4) is 11.3 Å². The SMILES string of the molecule is CN=C/C(=C\N)Nc1nccc(-c2ccc(CN)c(CCO)c2)n1. The first-order valence-electron chi connectivity index (χ1n) is 7.59. The molecule has 2 aromatic rings. The van der Waals surface area contributed by atoms with Gasteiger partial charge in [-0.3, -0.25) is 4.99 Å². The Morgan fingerprint density at radius 2 is 2.17 bits per heavy atom. The van der Waals surface area contributed by atoms with Crippen molar-refractivity contribution >= 4 is 12.2 Å². The highest BCUT2D eigenvalue weighted by Gasteiger charge is 2.07. The summed E-state index contributed by atoms with van der Waals surface area (Å²) in [5.41, 5.74) is 15.6. The minimum absolute atomic E-state index is 0.0774. The maximum absolute atomic E-state index is 9.22. The third-order valence-electron chi connectivity index (χ3n) is 3.46. The smallest absolute Gasteiger partial charge is 0.227 e. The lowest BCUT2D eigenvalue weighted by molar-refractivity contribution is 0.299. The molecule has 0 amide bonds. The molecule has 0 unspecified atom stereocenters. The highest BCUT2D eigenvalue weighted by Crippen LogP contribution is 2.22. The van der Waals surface area contributed by atoms with Gasteiger partial charge in [0, 0.05) is 44.4 Å². The Kier molecular flexibility index (Phi) is 6.41. The Balaban J connectivity index is 2.32. The normalized spacial score (nSPS) is 11.9. The van der Waals surface area contributed by atoms with Crippen LogP contribution in [0.25, 0.3) is 11.3 Å². The average Bonchev–Trinajstić information content (AvgIpc) is 2.62. The summed E-state index contributed by atoms with van der Waals surface area (Å²) in [5, 5.41) is 12.2. The van der Waals surface area contributed by atoms with Crippen LogP contribution in [0.5, 0.6) is 0 Å². The lowest BCUT2D eigenvalue weighted by atomic mass is 10.00. The van der Waals surface area contributed by atoms with Crippen LogP contribution in [0.1, 0.15) is 11.1 Å². The van der Waals surface area contributed by atoms with E-state index < -0.39 is 0 Å². The molecule has 0 bridgehead atoms. The van der Waals surface area contributed by atoms with Crippen molar-refractivity contribution in [1.29, 1.82) is 0 Å². The first-order valence-corrected chi connectivity index (χ1v) is 7.59. The van der Waals surface area contributed by atoms with Crippen LogP contribution in [0.15, 0.2) is 47.4 Å². The van der Waals surface area contributed by atoms with Crippen LogP contribution in [0.3, 0.4) is 0 Å². The van der Waals surface area contributed by atoms with E-state index in [1.807, 2.05) is 24.3 Å². The van der Waals surface area contributed by atoms with Gasteiger partial charge in [-0.2, -0.15) is 0 Å². The van der Waals surface area contributed by atoms with Crippen molar-refractivity contribution in [3.63, 3.8) is 0 Å². The molecular formula is C17H22N6O. The van der Waals surface area contributed by atoms with Crippen molar-refractivity contribution in [2.24, 2.45) is 16.5 Å². The van der Waals surface area contributed by atoms with Crippen molar-refractivity contribution in [1.82, 2.24) is 9.97 Å². The molecule has 0 aliphatic rings. The molecule has 0 atom stereocenters. The van der Waals surface area contributed by atoms with Gasteiger partial charge in [0.1, 0.15) is 0 Å². The quantitative estimate of drug-likeness (QED) is 0.564. The molecule has 6 N–H and O–H groups in total. The lowest BCUT2D eigenvalue weighted by Gasteiger charge is -2.10. The molecule has 0 aliphatic carbocycles. The molecular weight excluding hydrogens is 304 g/mol. The Bertz CT molecular complexity index is 742. The highest BCUT2D eigenvalue weighted by molar-refractivity contribution is 5.82. The third-order valence-corrected chi connectivity index (χ3v) is 3.46. The molecule has 0 saturated carbocycles. The Morgan fingerprint density at radius 3 is 2.83 bits per heavy atom. The Labute approximate surface area is 141 Å². The number of aliphatic imine (C=N–C) groups is 1. The van der Waals surface area contributed by atoms with Crippen LogP contribution in [0.2, 0.25) is 0 Å². The summed E-state index contributed by atoms with van der Waals surface area (Å²) in [6.45, 7) is 0.515. The lowest BCUT2D eigenvalue weighted by Crippen LogP contribution is -2.07. The molecule has 0 aliphatic heterocycles. The number of anilines is 1. The Morgan fingerprint density at radius 1 is 1.33 bits per heavy atom. The minimum Gasteiger partial charge on any atom is -0.403 e. The molecule has 0 saturated heterocycles. The largest absolute Gasteiger partial charge is 0.403 e. The van der Waals surface area contributed by atoms with Crippen LogP contribution in [0.4, 0.5) is 5.95 Å². The predicted molar refractivity (Wildman–Crippen MR) is 96.5 cm³/mol. The zero-order chi connectivity index (χ0) is 17.4. The van der Waals surface area contributed by atoms with E-state index in [0.717, 1.165) is 22.4 Å². The van der Waals surface area contributed by atoms with E-state index in [0.29, 0.717) is 24.6 Å². The number of nitrogens with zero attached hydrogens (tertiary/aromatic N) is 3. The fraction of sp³-hybridized carbons (Fsp3) is 0.235. The predicted octanol–water partition coefficient (Wildman–Crippen LogP) is 1.05. The third kappa shape index (κ3) is 4.37. The number of benzene rings is 1. The van der Waals surface area contributed by atoms with Gasteiger partial charge < -0.3 is 21.9 Å². The first-order chi connectivity index (χ1) is 11.7. The van der Waals surface area contributed by atoms with Crippen LogP contribution in [-0.4, -0.2) is 34.9 Å². The zero-order valence-corrected chi connectivity index (χ0v) is 13.6. The van der Waals surface area contributed by atoms with Crippen LogP contribution < -0.4 is 16.8 Å². The average molecular weight is 326 g/mol. The van der Waals surface area contributed by atoms with E-state index >= 15 is 0 Å². The van der Waals surface area contributed by atoms with Gasteiger partial charge in [0.05, 0.1) is 11.4 Å². The number of hydrogen-bond acceptors (Lipinski definition) is 7. The number of hydrogen-bond donors (Lipinski definition) is 4. The van der Waals surface area contributed by atoms with Gasteiger partial charge in [-0.1, -0.05) is 12.1 Å². The summed E-state index contributed by atoms with van der Waals surface area (Å²) in [7, 11) is 1.66. The number of aliphatic hydroxyl groups excluding tert-OH is 1. The fourth-order valence-corrected chi connectivity index (χ4v) is 2.30. The monoisotopic (exact) mass is 326 g/mol. The van der Waals surface area contributed by atoms with Gasteiger partial charge in [-0.15, -0.1) is 0 Å². The molecule has 1 aromatic carbocycles. The van der Waals surface area contributed by atoms with Crippen LogP contribution in [0, 0.1) is 0 Å². The standard InChI is InChI=1S/C17H22N6O/c1-20-11-15(10-19)22-17-21-6-4-16(23-17)13-2-3-14(9-18)12(8-13)5-7-24/h2-4,6,8,10-11,24H,5,7,9,18-19H2,1H3,(H,21,22,23)/b15-10+,20-11?. The number of aromatic nitrogens is 2. The van der Waals surface area contributed by atoms with Gasteiger partial charge in [0.15, 0.2) is 0 Å². The number of rotatable bonds is 7. The maximum Gasteiger partial charge on any atom is 0.227 e. The molecule has 7 heteroatoms. The van der Waals surface area contributed by atoms with Crippen molar-refractivity contribution in [2.75, 3.05) is 19.0 Å². The van der Waals surface area contributed by atoms with E-state index in [-0.39, 0.29) is 6.61 Å². The van der Waals surface area contributed by atoms with E-state index in [9.17, 15) is 5.11 Å². The summed E-state index contributed by atoms with van der Waals surface area (Å²) < 4.78 is 0. The van der Waals surface area contributed by atoms with Crippen molar-refractivity contribution in [3.05, 3.63) is 53.5 Å². The van der Waals surface area contributed by atoms with E-state index in [4.69, 9.17) is 11.5 Å². The minimum atomic E-state index is 0.0774. The number of nitrogens with one attached hydrogen (secondary N) is 1. The summed E-state index contributed by atoms with van der Waals surface area (Å²) in [5.74, 6) is 0.427. The molecule has 0 spiro atoms. The fourth-order valence-electron chi connectivity index (χ4n) is 2.30. The topological polar surface area (TPSA) is 122 Å². The molecule has 2 rings (SSSR count). The summed E-state index contributed by atoms with van der Waals surface area (Å²) in [4.78, 5) is 12.6. The molecule has 7 nitrogen and oxygen atoms in total. The second kappa shape index (κ2) is 8.76. The summed E-state index contributed by atoms with van der Waals surface area (Å²) in [6.07, 6.45) is 5.22. The van der Waals surface area contributed by atoms with E-state index in [1.54, 1.807) is 19.5 Å². The summed E-state index contributed by atoms with van der Waals surface area (Å²) >= 11 is 0. The van der Waals surface area contributed by atoms with Gasteiger partial charge in [-0.25, -0.2) is 9.97 Å². The second-order valence-electron chi connectivity index (χ2n) is 5.06. The molecule has 1 aromatic heterocycles. The molecule has 126 valence electrons. The van der Waals surface area contributed by atoms with Crippen molar-refractivity contribution in [2.45, 2.75) is 13.0 Å².